The fraction of sp³-hybridized carbons (Fsp3) is 0.375. The number of amides is 1. The highest BCUT2D eigenvalue weighted by molar-refractivity contribution is 7.21. The number of carbonyl (C=O) groups is 2. The molecule has 208 valence electrons. The first-order chi connectivity index (χ1) is 19.6. The summed E-state index contributed by atoms with van der Waals surface area (Å²) in [4.78, 5) is 27.7. The minimum Gasteiger partial charge on any atom is -0.489 e. The molecule has 1 amide bonds. The number of morpholine rings is 1. The molecule has 40 heavy (non-hydrogen) atoms. The van der Waals surface area contributed by atoms with Crippen molar-refractivity contribution in [1.82, 2.24) is 9.47 Å². The van der Waals surface area contributed by atoms with Gasteiger partial charge in [-0.25, -0.2) is 4.79 Å². The Morgan fingerprint density at radius 2 is 1.70 bits per heavy atom. The third-order valence-electron chi connectivity index (χ3n) is 8.03. The number of rotatable bonds is 8. The molecule has 1 N–H and O–H groups in total. The Bertz CT molecular complexity index is 1480. The number of benzene rings is 2. The van der Waals surface area contributed by atoms with Crippen molar-refractivity contribution in [2.24, 2.45) is 0 Å². The third-order valence-corrected chi connectivity index (χ3v) is 9.18. The Kier molecular flexibility index (Phi) is 7.89. The summed E-state index contributed by atoms with van der Waals surface area (Å²) in [6.45, 7) is 2.89. The number of ether oxygens (including phenoxy) is 2. The van der Waals surface area contributed by atoms with E-state index < -0.39 is 5.97 Å². The molecule has 0 bridgehead atoms. The second-order valence-electron chi connectivity index (χ2n) is 10.6. The molecule has 2 aromatic heterocycles. The molecule has 1 saturated heterocycles. The molecule has 2 aromatic carbocycles. The lowest BCUT2D eigenvalue weighted by Crippen LogP contribution is -2.42. The van der Waals surface area contributed by atoms with Crippen LogP contribution in [0.4, 0.5) is 0 Å². The van der Waals surface area contributed by atoms with E-state index in [1.807, 2.05) is 47.4 Å². The molecule has 3 heterocycles. The number of carboxylic acids is 1. The van der Waals surface area contributed by atoms with Crippen LogP contribution in [0.25, 0.3) is 21.5 Å². The summed E-state index contributed by atoms with van der Waals surface area (Å²) in [5, 5.41) is 9.83. The van der Waals surface area contributed by atoms with E-state index in [-0.39, 0.29) is 12.5 Å². The van der Waals surface area contributed by atoms with Gasteiger partial charge in [-0.15, -0.1) is 11.3 Å². The number of thiophene rings is 1. The third kappa shape index (κ3) is 5.51. The van der Waals surface area contributed by atoms with E-state index in [0.717, 1.165) is 58.5 Å². The van der Waals surface area contributed by atoms with E-state index in [1.54, 1.807) is 6.07 Å². The normalized spacial score (nSPS) is 16.4. The summed E-state index contributed by atoms with van der Waals surface area (Å²) in [5.41, 5.74) is 5.18. The van der Waals surface area contributed by atoms with Crippen molar-refractivity contribution in [3.8, 4) is 17.0 Å². The zero-order chi connectivity index (χ0) is 27.5. The first-order valence-corrected chi connectivity index (χ1v) is 14.9. The number of aromatic nitrogens is 1. The minimum atomic E-state index is -0.927. The van der Waals surface area contributed by atoms with Crippen molar-refractivity contribution in [2.75, 3.05) is 26.3 Å². The fourth-order valence-corrected chi connectivity index (χ4v) is 7.12. The second-order valence-corrected chi connectivity index (χ2v) is 11.7. The molecular weight excluding hydrogens is 524 g/mol. The number of aromatic carboxylic acids is 1. The smallest absolute Gasteiger partial charge is 0.345 e. The molecule has 1 aliphatic heterocycles. The van der Waals surface area contributed by atoms with Gasteiger partial charge in [0.25, 0.3) is 0 Å². The van der Waals surface area contributed by atoms with E-state index in [2.05, 4.69) is 16.7 Å². The van der Waals surface area contributed by atoms with E-state index in [0.29, 0.717) is 43.7 Å². The van der Waals surface area contributed by atoms with Crippen LogP contribution >= 0.6 is 11.3 Å². The molecule has 0 spiro atoms. The van der Waals surface area contributed by atoms with Gasteiger partial charge in [0.15, 0.2) is 0 Å². The van der Waals surface area contributed by atoms with Crippen LogP contribution in [0, 0.1) is 0 Å². The molecule has 7 nitrogen and oxygen atoms in total. The highest BCUT2D eigenvalue weighted by Crippen LogP contribution is 2.47. The molecule has 2 fully saturated rings. The Balaban J connectivity index is 1.41. The van der Waals surface area contributed by atoms with Gasteiger partial charge in [0.05, 0.1) is 29.1 Å². The first kappa shape index (κ1) is 26.6. The number of nitrogens with zero attached hydrogens (tertiary/aromatic N) is 2. The molecule has 1 saturated carbocycles. The summed E-state index contributed by atoms with van der Waals surface area (Å²) in [6.07, 6.45) is 5.69. The predicted octanol–water partition coefficient (Wildman–Crippen LogP) is 6.55. The number of carbonyl (C=O) groups excluding carboxylic acids is 1. The average molecular weight is 559 g/mol. The van der Waals surface area contributed by atoms with Crippen LogP contribution in [0.5, 0.6) is 5.75 Å². The van der Waals surface area contributed by atoms with Gasteiger partial charge in [-0.2, -0.15) is 0 Å². The average Bonchev–Trinajstić information content (AvgIpc) is 3.56. The van der Waals surface area contributed by atoms with Crippen LogP contribution in [0.1, 0.15) is 58.8 Å². The van der Waals surface area contributed by atoms with Crippen molar-refractivity contribution >= 4 is 33.4 Å². The van der Waals surface area contributed by atoms with E-state index in [9.17, 15) is 14.7 Å². The number of carboxylic acid groups (broad SMARTS) is 1. The summed E-state index contributed by atoms with van der Waals surface area (Å²) < 4.78 is 14.6. The molecule has 2 aliphatic rings. The van der Waals surface area contributed by atoms with Crippen molar-refractivity contribution < 1.29 is 24.2 Å². The number of hydrogen-bond acceptors (Lipinski definition) is 5. The summed E-state index contributed by atoms with van der Waals surface area (Å²) in [5.74, 6) is 0.218. The summed E-state index contributed by atoms with van der Waals surface area (Å²) >= 11 is 1.34. The first-order valence-electron chi connectivity index (χ1n) is 14.1. The second kappa shape index (κ2) is 11.9. The molecule has 0 radical (unpaired) electrons. The van der Waals surface area contributed by atoms with Gasteiger partial charge in [0.1, 0.15) is 23.8 Å². The van der Waals surface area contributed by atoms with Crippen LogP contribution in [0.15, 0.2) is 60.7 Å². The lowest BCUT2D eigenvalue weighted by Gasteiger charge is -2.28. The number of hydrogen-bond donors (Lipinski definition) is 1. The van der Waals surface area contributed by atoms with Crippen molar-refractivity contribution in [1.29, 1.82) is 0 Å². The molecular formula is C32H34N2O5S. The summed E-state index contributed by atoms with van der Waals surface area (Å²) in [6, 6.07) is 19.9. The fourth-order valence-electron chi connectivity index (χ4n) is 6.00. The molecule has 4 aromatic rings. The maximum absolute atomic E-state index is 13.5. The van der Waals surface area contributed by atoms with Gasteiger partial charge in [-0.3, -0.25) is 4.79 Å². The Morgan fingerprint density at radius 3 is 2.40 bits per heavy atom. The van der Waals surface area contributed by atoms with E-state index in [1.165, 1.54) is 23.3 Å². The largest absolute Gasteiger partial charge is 0.489 e. The predicted molar refractivity (Wildman–Crippen MR) is 156 cm³/mol. The molecule has 0 atom stereocenters. The van der Waals surface area contributed by atoms with Crippen molar-refractivity contribution in [2.45, 2.75) is 51.2 Å². The lowest BCUT2D eigenvalue weighted by molar-refractivity contribution is -0.135. The summed E-state index contributed by atoms with van der Waals surface area (Å²) in [7, 11) is 0. The van der Waals surface area contributed by atoms with Gasteiger partial charge in [0.2, 0.25) is 5.91 Å². The zero-order valence-corrected chi connectivity index (χ0v) is 23.3. The minimum absolute atomic E-state index is 0.0301. The zero-order valence-electron chi connectivity index (χ0n) is 22.5. The van der Waals surface area contributed by atoms with Gasteiger partial charge in [-0.05, 0) is 65.8 Å². The number of fused-ring (bicyclic) bond motifs is 1. The Hall–Kier alpha value is -3.62. The molecule has 8 heteroatoms. The highest BCUT2D eigenvalue weighted by atomic mass is 32.1. The van der Waals surface area contributed by atoms with Crippen LogP contribution in [-0.2, 0) is 22.7 Å². The molecule has 0 unspecified atom stereocenters. The Labute approximate surface area is 237 Å². The van der Waals surface area contributed by atoms with Crippen molar-refractivity contribution in [3.05, 3.63) is 76.7 Å². The topological polar surface area (TPSA) is 81.0 Å². The standard InChI is InChI=1S/C32H34N2O5S/c35-28(33-15-17-38-18-16-33)20-34-26-19-27(32(36)37)40-31(26)29(23-9-5-2-6-10-23)30(34)24-11-13-25(14-12-24)39-21-22-7-3-1-4-8-22/h1,3-4,7-8,11-14,19,23H,2,5-6,9-10,15-18,20-21H2,(H,36,37). The van der Waals surface area contributed by atoms with Crippen LogP contribution < -0.4 is 4.74 Å². The van der Waals surface area contributed by atoms with Crippen LogP contribution in [-0.4, -0.2) is 52.8 Å². The van der Waals surface area contributed by atoms with Gasteiger partial charge in [0, 0.05) is 13.1 Å². The van der Waals surface area contributed by atoms with Gasteiger partial charge >= 0.3 is 5.97 Å². The maximum atomic E-state index is 13.5. The maximum Gasteiger partial charge on any atom is 0.345 e. The molecule has 1 aliphatic carbocycles. The monoisotopic (exact) mass is 558 g/mol. The van der Waals surface area contributed by atoms with Gasteiger partial charge in [-0.1, -0.05) is 49.6 Å². The lowest BCUT2D eigenvalue weighted by atomic mass is 9.83. The van der Waals surface area contributed by atoms with Crippen LogP contribution in [0.3, 0.4) is 0 Å². The quantitative estimate of drug-likeness (QED) is 0.265. The SMILES string of the molecule is O=C(O)c1cc2c(s1)c(C1CCCCC1)c(-c1ccc(OCc3ccccc3)cc1)n2CC(=O)N1CCOCC1. The van der Waals surface area contributed by atoms with E-state index >= 15 is 0 Å². The molecule has 6 rings (SSSR count). The highest BCUT2D eigenvalue weighted by Gasteiger charge is 2.30. The van der Waals surface area contributed by atoms with Crippen molar-refractivity contribution in [3.63, 3.8) is 0 Å². The Morgan fingerprint density at radius 1 is 0.975 bits per heavy atom. The van der Waals surface area contributed by atoms with E-state index in [4.69, 9.17) is 9.47 Å². The van der Waals surface area contributed by atoms with Crippen LogP contribution in [0.2, 0.25) is 0 Å². The van der Waals surface area contributed by atoms with Gasteiger partial charge < -0.3 is 24.0 Å².